The zero-order chi connectivity index (χ0) is 24.2. The molecular formula is C28H23N3O3S. The number of nitrogens with zero attached hydrogens (tertiary/aromatic N) is 2. The van der Waals surface area contributed by atoms with Crippen molar-refractivity contribution in [2.24, 2.45) is 0 Å². The van der Waals surface area contributed by atoms with Crippen molar-refractivity contribution < 1.29 is 9.53 Å². The van der Waals surface area contributed by atoms with E-state index >= 15 is 0 Å². The van der Waals surface area contributed by atoms with Crippen molar-refractivity contribution in [3.63, 3.8) is 0 Å². The van der Waals surface area contributed by atoms with Crippen molar-refractivity contribution >= 4 is 45.0 Å². The molecule has 0 saturated carbocycles. The minimum atomic E-state index is -0.170. The van der Waals surface area contributed by atoms with Crippen LogP contribution < -0.4 is 15.6 Å². The Kier molecular flexibility index (Phi) is 6.50. The number of anilines is 1. The zero-order valence-electron chi connectivity index (χ0n) is 19.1. The molecule has 0 atom stereocenters. The molecule has 5 aromatic rings. The Morgan fingerprint density at radius 2 is 1.69 bits per heavy atom. The van der Waals surface area contributed by atoms with Crippen molar-refractivity contribution in [2.45, 2.75) is 5.75 Å². The summed E-state index contributed by atoms with van der Waals surface area (Å²) in [6.07, 6.45) is 0. The summed E-state index contributed by atoms with van der Waals surface area (Å²) in [5, 5.41) is 5.68. The molecular weight excluding hydrogens is 458 g/mol. The van der Waals surface area contributed by atoms with Crippen molar-refractivity contribution in [2.75, 3.05) is 18.2 Å². The van der Waals surface area contributed by atoms with Crippen LogP contribution in [0.1, 0.15) is 5.82 Å². The number of hydrogen-bond acceptors (Lipinski definition) is 5. The molecule has 1 heterocycles. The van der Waals surface area contributed by atoms with Gasteiger partial charge in [0, 0.05) is 5.69 Å². The highest BCUT2D eigenvalue weighted by Crippen LogP contribution is 2.25. The Balaban J connectivity index is 1.38. The van der Waals surface area contributed by atoms with Gasteiger partial charge in [0.1, 0.15) is 11.6 Å². The second-order valence-corrected chi connectivity index (χ2v) is 8.95. The van der Waals surface area contributed by atoms with Crippen molar-refractivity contribution in [1.29, 1.82) is 0 Å². The number of thioether (sulfide) groups is 1. The fourth-order valence-electron chi connectivity index (χ4n) is 4.04. The van der Waals surface area contributed by atoms with Gasteiger partial charge in [-0.25, -0.2) is 4.98 Å². The van der Waals surface area contributed by atoms with Crippen LogP contribution in [0.4, 0.5) is 5.69 Å². The van der Waals surface area contributed by atoms with E-state index in [1.54, 1.807) is 17.7 Å². The number of carbonyl (C=O) groups is 1. The molecule has 6 nitrogen and oxygen atoms in total. The second-order valence-electron chi connectivity index (χ2n) is 7.96. The average molecular weight is 482 g/mol. The summed E-state index contributed by atoms with van der Waals surface area (Å²) in [4.78, 5) is 30.8. The maximum absolute atomic E-state index is 13.4. The smallest absolute Gasteiger partial charge is 0.266 e. The molecule has 0 radical (unpaired) electrons. The van der Waals surface area contributed by atoms with Crippen LogP contribution in [0.15, 0.2) is 95.8 Å². The number of benzene rings is 4. The Morgan fingerprint density at radius 1 is 0.943 bits per heavy atom. The lowest BCUT2D eigenvalue weighted by molar-refractivity contribution is -0.113. The van der Waals surface area contributed by atoms with Crippen LogP contribution in [0.5, 0.6) is 5.75 Å². The van der Waals surface area contributed by atoms with Crippen molar-refractivity contribution in [1.82, 2.24) is 9.55 Å². The Bertz CT molecular complexity index is 1600. The monoisotopic (exact) mass is 481 g/mol. The van der Waals surface area contributed by atoms with Gasteiger partial charge in [-0.1, -0.05) is 54.6 Å². The number of methoxy groups -OCH3 is 1. The van der Waals surface area contributed by atoms with E-state index in [-0.39, 0.29) is 17.2 Å². The number of hydrogen-bond donors (Lipinski definition) is 1. The molecule has 174 valence electrons. The lowest BCUT2D eigenvalue weighted by Gasteiger charge is -2.16. The van der Waals surface area contributed by atoms with Gasteiger partial charge in [-0.05, 0) is 47.2 Å². The van der Waals surface area contributed by atoms with E-state index in [0.717, 1.165) is 16.5 Å². The summed E-state index contributed by atoms with van der Waals surface area (Å²) in [6.45, 7) is 0. The number of carbonyl (C=O) groups excluding carboxylic acids is 1. The lowest BCUT2D eigenvalue weighted by atomic mass is 10.1. The van der Waals surface area contributed by atoms with E-state index in [0.29, 0.717) is 33.9 Å². The first-order valence-corrected chi connectivity index (χ1v) is 12.3. The van der Waals surface area contributed by atoms with Crippen LogP contribution in [0.25, 0.3) is 27.4 Å². The molecule has 35 heavy (non-hydrogen) atoms. The molecule has 5 rings (SSSR count). The SMILES string of the molecule is COc1ccccc1-n1c(CSCC(=O)Nc2ccc3ccccc3c2)nc2ccccc2c1=O. The van der Waals surface area contributed by atoms with E-state index in [1.807, 2.05) is 84.9 Å². The number of aromatic nitrogens is 2. The van der Waals surface area contributed by atoms with Gasteiger partial charge in [0.05, 0.1) is 35.2 Å². The molecule has 0 saturated heterocycles. The van der Waals surface area contributed by atoms with Crippen LogP contribution in [-0.4, -0.2) is 28.3 Å². The molecule has 0 fully saturated rings. The molecule has 0 unspecified atom stereocenters. The fraction of sp³-hybridized carbons (Fsp3) is 0.107. The number of nitrogens with one attached hydrogen (secondary N) is 1. The Morgan fingerprint density at radius 3 is 2.54 bits per heavy atom. The largest absolute Gasteiger partial charge is 0.495 e. The highest BCUT2D eigenvalue weighted by molar-refractivity contribution is 7.99. The number of ether oxygens (including phenoxy) is 1. The van der Waals surface area contributed by atoms with Gasteiger partial charge >= 0.3 is 0 Å². The van der Waals surface area contributed by atoms with Gasteiger partial charge in [0.15, 0.2) is 0 Å². The summed E-state index contributed by atoms with van der Waals surface area (Å²) in [6, 6.07) is 28.5. The normalized spacial score (nSPS) is 11.0. The number of para-hydroxylation sites is 3. The molecule has 0 bridgehead atoms. The quantitative estimate of drug-likeness (QED) is 0.336. The van der Waals surface area contributed by atoms with Crippen LogP contribution in [0.3, 0.4) is 0 Å². The van der Waals surface area contributed by atoms with Crippen molar-refractivity contribution in [3.8, 4) is 11.4 Å². The van der Waals surface area contributed by atoms with E-state index in [9.17, 15) is 9.59 Å². The van der Waals surface area contributed by atoms with Gasteiger partial charge in [0.2, 0.25) is 5.91 Å². The van der Waals surface area contributed by atoms with Crippen LogP contribution in [0.2, 0.25) is 0 Å². The Hall–Kier alpha value is -4.10. The summed E-state index contributed by atoms with van der Waals surface area (Å²) in [5.41, 5.74) is 1.83. The highest BCUT2D eigenvalue weighted by Gasteiger charge is 2.16. The molecule has 0 aliphatic heterocycles. The molecule has 1 amide bonds. The van der Waals surface area contributed by atoms with E-state index in [4.69, 9.17) is 9.72 Å². The first-order valence-electron chi connectivity index (χ1n) is 11.1. The molecule has 4 aromatic carbocycles. The summed E-state index contributed by atoms with van der Waals surface area (Å²) >= 11 is 1.40. The van der Waals surface area contributed by atoms with Crippen LogP contribution in [0, 0.1) is 0 Å². The molecule has 1 aromatic heterocycles. The summed E-state index contributed by atoms with van der Waals surface area (Å²) < 4.78 is 7.08. The van der Waals surface area contributed by atoms with Gasteiger partial charge in [-0.3, -0.25) is 14.2 Å². The van der Waals surface area contributed by atoms with Gasteiger partial charge in [0.25, 0.3) is 5.56 Å². The third-order valence-electron chi connectivity index (χ3n) is 5.67. The number of fused-ring (bicyclic) bond motifs is 2. The van der Waals surface area contributed by atoms with Gasteiger partial charge in [-0.15, -0.1) is 11.8 Å². The van der Waals surface area contributed by atoms with Crippen LogP contribution >= 0.6 is 11.8 Å². The van der Waals surface area contributed by atoms with Crippen LogP contribution in [-0.2, 0) is 10.5 Å². The van der Waals surface area contributed by atoms with E-state index < -0.39 is 0 Å². The minimum absolute atomic E-state index is 0.114. The maximum Gasteiger partial charge on any atom is 0.266 e. The lowest BCUT2D eigenvalue weighted by Crippen LogP contribution is -2.24. The molecule has 7 heteroatoms. The summed E-state index contributed by atoms with van der Waals surface area (Å²) in [7, 11) is 1.57. The van der Waals surface area contributed by atoms with Crippen molar-refractivity contribution in [3.05, 3.63) is 107 Å². The van der Waals surface area contributed by atoms with E-state index in [2.05, 4.69) is 5.32 Å². The third-order valence-corrected chi connectivity index (χ3v) is 6.60. The minimum Gasteiger partial charge on any atom is -0.495 e. The molecule has 1 N–H and O–H groups in total. The topological polar surface area (TPSA) is 73.2 Å². The predicted molar refractivity (Wildman–Crippen MR) is 143 cm³/mol. The molecule has 0 spiro atoms. The maximum atomic E-state index is 13.4. The second kappa shape index (κ2) is 10.0. The summed E-state index contributed by atoms with van der Waals surface area (Å²) in [5.74, 6) is 1.62. The molecule has 0 aliphatic carbocycles. The number of amides is 1. The average Bonchev–Trinajstić information content (AvgIpc) is 2.89. The number of rotatable bonds is 7. The molecule has 0 aliphatic rings. The Labute approximate surface area is 206 Å². The van der Waals surface area contributed by atoms with Gasteiger partial charge in [-0.2, -0.15) is 0 Å². The predicted octanol–water partition coefficient (Wildman–Crippen LogP) is 5.42. The first-order chi connectivity index (χ1) is 17.1. The standard InChI is InChI=1S/C28H23N3O3S/c1-34-25-13-7-6-12-24(25)31-26(30-23-11-5-4-10-22(23)28(31)33)17-35-18-27(32)29-21-15-14-19-8-2-3-9-20(19)16-21/h2-16H,17-18H2,1H3,(H,29,32). The highest BCUT2D eigenvalue weighted by atomic mass is 32.2. The fourth-order valence-corrected chi connectivity index (χ4v) is 4.77. The third kappa shape index (κ3) is 4.76. The van der Waals surface area contributed by atoms with E-state index in [1.165, 1.54) is 11.8 Å². The first kappa shape index (κ1) is 22.7. The zero-order valence-corrected chi connectivity index (χ0v) is 19.9. The van der Waals surface area contributed by atoms with Gasteiger partial charge < -0.3 is 10.1 Å².